The van der Waals surface area contributed by atoms with Crippen molar-refractivity contribution in [3.63, 3.8) is 0 Å². The van der Waals surface area contributed by atoms with Crippen molar-refractivity contribution in [2.45, 2.75) is 51.6 Å². The summed E-state index contributed by atoms with van der Waals surface area (Å²) in [5, 5.41) is 4.26. The third-order valence-corrected chi connectivity index (χ3v) is 5.30. The van der Waals surface area contributed by atoms with E-state index < -0.39 is 0 Å². The molecule has 0 spiro atoms. The number of carbonyl (C=O) groups excluding carboxylic acids is 1. The Labute approximate surface area is 139 Å². The standard InChI is InChI=1S/C17H21N5O2/c1-10-7-16(24)20-17(19-10)22-11(2)14(8-18-22)15(23)9-21-12-3-4-13(21)6-5-12/h7-8,12-13H,3-6,9H2,1-2H3,(H,19,20,24). The van der Waals surface area contributed by atoms with Crippen LogP contribution < -0.4 is 5.56 Å². The lowest BCUT2D eigenvalue weighted by atomic mass is 10.0. The van der Waals surface area contributed by atoms with Crippen molar-refractivity contribution >= 4 is 5.78 Å². The number of hydrogen-bond donors (Lipinski definition) is 1. The molecular weight excluding hydrogens is 306 g/mol. The summed E-state index contributed by atoms with van der Waals surface area (Å²) in [5.41, 5.74) is 1.70. The van der Waals surface area contributed by atoms with Crippen LogP contribution in [0.2, 0.25) is 0 Å². The fourth-order valence-electron chi connectivity index (χ4n) is 4.09. The number of carbonyl (C=O) groups is 1. The first kappa shape index (κ1) is 15.3. The molecule has 7 nitrogen and oxygen atoms in total. The van der Waals surface area contributed by atoms with E-state index in [0.717, 1.165) is 0 Å². The van der Waals surface area contributed by atoms with Crippen molar-refractivity contribution in [2.75, 3.05) is 6.54 Å². The quantitative estimate of drug-likeness (QED) is 0.858. The fraction of sp³-hybridized carbons (Fsp3) is 0.529. The number of aromatic amines is 1. The van der Waals surface area contributed by atoms with Gasteiger partial charge in [0.2, 0.25) is 5.95 Å². The predicted molar refractivity (Wildman–Crippen MR) is 88.5 cm³/mol. The lowest BCUT2D eigenvalue weighted by Gasteiger charge is -2.20. The lowest BCUT2D eigenvalue weighted by Crippen LogP contribution is -2.34. The molecule has 2 bridgehead atoms. The summed E-state index contributed by atoms with van der Waals surface area (Å²) in [6.07, 6.45) is 6.43. The van der Waals surface area contributed by atoms with E-state index in [0.29, 0.717) is 41.5 Å². The Morgan fingerprint density at radius 2 is 1.92 bits per heavy atom. The van der Waals surface area contributed by atoms with Crippen LogP contribution in [-0.2, 0) is 0 Å². The Morgan fingerprint density at radius 3 is 2.54 bits per heavy atom. The molecule has 4 heterocycles. The van der Waals surface area contributed by atoms with Gasteiger partial charge in [0.1, 0.15) is 0 Å². The van der Waals surface area contributed by atoms with E-state index in [2.05, 4.69) is 20.0 Å². The first-order valence-corrected chi connectivity index (χ1v) is 8.45. The van der Waals surface area contributed by atoms with E-state index >= 15 is 0 Å². The van der Waals surface area contributed by atoms with Crippen LogP contribution in [0.15, 0.2) is 17.1 Å². The van der Waals surface area contributed by atoms with Crippen LogP contribution in [0.3, 0.4) is 0 Å². The van der Waals surface area contributed by atoms with Gasteiger partial charge >= 0.3 is 0 Å². The summed E-state index contributed by atoms with van der Waals surface area (Å²) in [7, 11) is 0. The minimum atomic E-state index is -0.228. The monoisotopic (exact) mass is 327 g/mol. The summed E-state index contributed by atoms with van der Waals surface area (Å²) < 4.78 is 1.53. The first-order chi connectivity index (χ1) is 11.5. The van der Waals surface area contributed by atoms with Crippen LogP contribution in [0, 0.1) is 13.8 Å². The number of aryl methyl sites for hydroxylation is 1. The zero-order valence-corrected chi connectivity index (χ0v) is 14.0. The number of aromatic nitrogens is 4. The number of H-pyrrole nitrogens is 1. The summed E-state index contributed by atoms with van der Waals surface area (Å²) in [6.45, 7) is 4.05. The van der Waals surface area contributed by atoms with Crippen LogP contribution >= 0.6 is 0 Å². The van der Waals surface area contributed by atoms with Gasteiger partial charge in [0.25, 0.3) is 5.56 Å². The molecule has 0 atom stereocenters. The average molecular weight is 327 g/mol. The summed E-state index contributed by atoms with van der Waals surface area (Å²) in [4.78, 5) is 33.7. The molecule has 2 aliphatic heterocycles. The molecule has 2 aromatic rings. The number of nitrogens with zero attached hydrogens (tertiary/aromatic N) is 4. The lowest BCUT2D eigenvalue weighted by molar-refractivity contribution is 0.0917. The van der Waals surface area contributed by atoms with E-state index in [-0.39, 0.29) is 11.3 Å². The number of ketones is 1. The maximum atomic E-state index is 12.7. The van der Waals surface area contributed by atoms with Gasteiger partial charge in [0, 0.05) is 23.8 Å². The van der Waals surface area contributed by atoms with Gasteiger partial charge in [-0.15, -0.1) is 0 Å². The highest BCUT2D eigenvalue weighted by Gasteiger charge is 2.40. The van der Waals surface area contributed by atoms with E-state index in [4.69, 9.17) is 0 Å². The van der Waals surface area contributed by atoms with E-state index in [1.54, 1.807) is 13.1 Å². The molecule has 24 heavy (non-hydrogen) atoms. The number of rotatable bonds is 4. The number of hydrogen-bond acceptors (Lipinski definition) is 5. The third-order valence-electron chi connectivity index (χ3n) is 5.30. The Bertz CT molecular complexity index is 833. The van der Waals surface area contributed by atoms with Gasteiger partial charge in [0.15, 0.2) is 5.78 Å². The van der Waals surface area contributed by atoms with Crippen LogP contribution in [0.1, 0.15) is 47.4 Å². The van der Waals surface area contributed by atoms with Gasteiger partial charge in [-0.1, -0.05) is 0 Å². The molecule has 126 valence electrons. The normalized spacial score (nSPS) is 23.1. The van der Waals surface area contributed by atoms with Gasteiger partial charge in [-0.05, 0) is 39.5 Å². The van der Waals surface area contributed by atoms with E-state index in [1.165, 1.54) is 36.4 Å². The fourth-order valence-corrected chi connectivity index (χ4v) is 4.09. The minimum absolute atomic E-state index is 0.0903. The Balaban J connectivity index is 1.60. The molecule has 2 saturated heterocycles. The van der Waals surface area contributed by atoms with Gasteiger partial charge in [-0.3, -0.25) is 19.5 Å². The minimum Gasteiger partial charge on any atom is -0.293 e. The van der Waals surface area contributed by atoms with Crippen molar-refractivity contribution in [3.8, 4) is 5.95 Å². The molecule has 0 saturated carbocycles. The SMILES string of the molecule is Cc1cc(=O)[nH]c(-n2ncc(C(=O)CN3C4CCC3CC4)c2C)n1. The average Bonchev–Trinajstić information content (AvgIpc) is 3.21. The second-order valence-electron chi connectivity index (χ2n) is 6.82. The largest absolute Gasteiger partial charge is 0.293 e. The molecule has 1 N–H and O–H groups in total. The summed E-state index contributed by atoms with van der Waals surface area (Å²) in [6, 6.07) is 2.57. The molecule has 0 radical (unpaired) electrons. The molecule has 4 rings (SSSR count). The molecule has 2 aromatic heterocycles. The van der Waals surface area contributed by atoms with Gasteiger partial charge in [-0.2, -0.15) is 5.10 Å². The zero-order valence-electron chi connectivity index (χ0n) is 14.0. The molecule has 0 amide bonds. The Kier molecular flexibility index (Phi) is 3.60. The Hall–Kier alpha value is -2.28. The Morgan fingerprint density at radius 1 is 1.25 bits per heavy atom. The number of nitrogens with one attached hydrogen (secondary N) is 1. The molecule has 7 heteroatoms. The number of Topliss-reactive ketones (excluding diaryl/α,β-unsaturated/α-hetero) is 1. The van der Waals surface area contributed by atoms with Crippen LogP contribution in [-0.4, -0.2) is 49.1 Å². The maximum absolute atomic E-state index is 12.7. The third kappa shape index (κ3) is 2.49. The zero-order chi connectivity index (χ0) is 16.8. The molecule has 0 aliphatic carbocycles. The first-order valence-electron chi connectivity index (χ1n) is 8.45. The highest BCUT2D eigenvalue weighted by atomic mass is 16.1. The van der Waals surface area contributed by atoms with Gasteiger partial charge in [-0.25, -0.2) is 9.67 Å². The van der Waals surface area contributed by atoms with Crippen LogP contribution in [0.25, 0.3) is 5.95 Å². The summed E-state index contributed by atoms with van der Waals surface area (Å²) >= 11 is 0. The molecule has 0 aromatic carbocycles. The molecular formula is C17H21N5O2. The smallest absolute Gasteiger partial charge is 0.252 e. The maximum Gasteiger partial charge on any atom is 0.252 e. The van der Waals surface area contributed by atoms with Gasteiger partial charge < -0.3 is 0 Å². The van der Waals surface area contributed by atoms with Gasteiger partial charge in [0.05, 0.1) is 24.0 Å². The highest BCUT2D eigenvalue weighted by Crippen LogP contribution is 2.37. The van der Waals surface area contributed by atoms with E-state index in [1.807, 2.05) is 6.92 Å². The topological polar surface area (TPSA) is 83.9 Å². The van der Waals surface area contributed by atoms with Crippen molar-refractivity contribution in [1.82, 2.24) is 24.6 Å². The predicted octanol–water partition coefficient (Wildman–Crippen LogP) is 1.38. The highest BCUT2D eigenvalue weighted by molar-refractivity contribution is 5.98. The van der Waals surface area contributed by atoms with Crippen molar-refractivity contribution in [3.05, 3.63) is 39.6 Å². The van der Waals surface area contributed by atoms with Crippen LogP contribution in [0.5, 0.6) is 0 Å². The van der Waals surface area contributed by atoms with Crippen LogP contribution in [0.4, 0.5) is 0 Å². The van der Waals surface area contributed by atoms with E-state index in [9.17, 15) is 9.59 Å². The molecule has 2 fully saturated rings. The molecule has 0 unspecified atom stereocenters. The van der Waals surface area contributed by atoms with Crippen molar-refractivity contribution in [2.24, 2.45) is 0 Å². The second kappa shape index (κ2) is 5.66. The molecule has 2 aliphatic rings. The van der Waals surface area contributed by atoms with Crippen molar-refractivity contribution < 1.29 is 4.79 Å². The summed E-state index contributed by atoms with van der Waals surface area (Å²) in [5.74, 6) is 0.436. The van der Waals surface area contributed by atoms with Crippen molar-refractivity contribution in [1.29, 1.82) is 0 Å². The second-order valence-corrected chi connectivity index (χ2v) is 6.82. The number of fused-ring (bicyclic) bond motifs is 2.